The number of hydrogen-bond donors (Lipinski definition) is 2. The minimum absolute atomic E-state index is 0.00772. The van der Waals surface area contributed by atoms with E-state index in [1.165, 1.54) is 7.11 Å². The topological polar surface area (TPSA) is 88.1 Å². The van der Waals surface area contributed by atoms with Gasteiger partial charge in [0.1, 0.15) is 6.04 Å². The number of rotatable bonds is 11. The Kier molecular flexibility index (Phi) is 10.8. The molecular weight excluding hydrogens is 276 g/mol. The molecule has 7 heteroatoms. The molecule has 0 bridgehead atoms. The molecule has 0 aliphatic rings. The number of nitrogens with one attached hydrogen (secondary N) is 1. The van der Waals surface area contributed by atoms with Crippen LogP contribution < -0.4 is 5.32 Å². The Labute approximate surface area is 126 Å². The Hall–Kier alpha value is -1.18. The average molecular weight is 304 g/mol. The first-order valence-electron chi connectivity index (χ1n) is 7.19. The average Bonchev–Trinajstić information content (AvgIpc) is 2.48. The van der Waals surface area contributed by atoms with E-state index in [1.807, 2.05) is 13.8 Å². The van der Waals surface area contributed by atoms with Crippen molar-refractivity contribution in [1.29, 1.82) is 0 Å². The molecule has 7 nitrogen and oxygen atoms in total. The zero-order valence-electron chi connectivity index (χ0n) is 13.4. The molecule has 0 radical (unpaired) electrons. The SMILES string of the molecule is CCC(C)C(NC(=O)CN(CCO)CCOC)C(=O)OC. The fourth-order valence-corrected chi connectivity index (χ4v) is 1.85. The number of aliphatic hydroxyl groups is 1. The minimum atomic E-state index is -0.647. The maximum absolute atomic E-state index is 12.1. The molecule has 0 aliphatic heterocycles. The lowest BCUT2D eigenvalue weighted by Crippen LogP contribution is -2.49. The summed E-state index contributed by atoms with van der Waals surface area (Å²) in [5.74, 6) is -0.717. The van der Waals surface area contributed by atoms with Crippen molar-refractivity contribution in [3.8, 4) is 0 Å². The predicted molar refractivity (Wildman–Crippen MR) is 78.8 cm³/mol. The molecule has 21 heavy (non-hydrogen) atoms. The zero-order chi connectivity index (χ0) is 16.3. The Morgan fingerprint density at radius 1 is 1.29 bits per heavy atom. The highest BCUT2D eigenvalue weighted by atomic mass is 16.5. The Bertz CT molecular complexity index is 312. The van der Waals surface area contributed by atoms with Crippen molar-refractivity contribution in [2.45, 2.75) is 26.3 Å². The quantitative estimate of drug-likeness (QED) is 0.506. The lowest BCUT2D eigenvalue weighted by molar-refractivity contribution is -0.146. The Morgan fingerprint density at radius 3 is 2.43 bits per heavy atom. The highest BCUT2D eigenvalue weighted by Crippen LogP contribution is 2.09. The minimum Gasteiger partial charge on any atom is -0.467 e. The summed E-state index contributed by atoms with van der Waals surface area (Å²) in [7, 11) is 2.88. The highest BCUT2D eigenvalue weighted by Gasteiger charge is 2.27. The van der Waals surface area contributed by atoms with E-state index in [0.717, 1.165) is 6.42 Å². The Morgan fingerprint density at radius 2 is 1.95 bits per heavy atom. The standard InChI is InChI=1S/C14H28N2O5/c1-5-11(2)13(14(19)21-4)15-12(18)10-16(6-8-17)7-9-20-3/h11,13,17H,5-10H2,1-4H3,(H,15,18). The van der Waals surface area contributed by atoms with Gasteiger partial charge in [0.2, 0.25) is 5.91 Å². The number of hydrogen-bond acceptors (Lipinski definition) is 6. The van der Waals surface area contributed by atoms with Gasteiger partial charge in [-0.05, 0) is 5.92 Å². The van der Waals surface area contributed by atoms with Crippen molar-refractivity contribution in [3.63, 3.8) is 0 Å². The van der Waals surface area contributed by atoms with Crippen LogP contribution in [0.15, 0.2) is 0 Å². The number of esters is 1. The Balaban J connectivity index is 4.54. The summed E-state index contributed by atoms with van der Waals surface area (Å²) in [5, 5.41) is 11.7. The van der Waals surface area contributed by atoms with E-state index in [2.05, 4.69) is 5.32 Å². The molecule has 2 N–H and O–H groups in total. The van der Waals surface area contributed by atoms with Crippen LogP contribution in [-0.4, -0.2) is 75.0 Å². The first kappa shape index (κ1) is 19.8. The summed E-state index contributed by atoms with van der Waals surface area (Å²) < 4.78 is 9.69. The number of carbonyl (C=O) groups is 2. The van der Waals surface area contributed by atoms with Crippen LogP contribution in [0.2, 0.25) is 0 Å². The van der Waals surface area contributed by atoms with Gasteiger partial charge in [-0.15, -0.1) is 0 Å². The van der Waals surface area contributed by atoms with Crippen LogP contribution >= 0.6 is 0 Å². The summed E-state index contributed by atoms with van der Waals surface area (Å²) in [4.78, 5) is 25.5. The monoisotopic (exact) mass is 304 g/mol. The van der Waals surface area contributed by atoms with E-state index < -0.39 is 12.0 Å². The van der Waals surface area contributed by atoms with Crippen LogP contribution in [0.4, 0.5) is 0 Å². The van der Waals surface area contributed by atoms with Crippen molar-refractivity contribution < 1.29 is 24.2 Å². The van der Waals surface area contributed by atoms with Crippen molar-refractivity contribution in [3.05, 3.63) is 0 Å². The van der Waals surface area contributed by atoms with Gasteiger partial charge in [-0.1, -0.05) is 20.3 Å². The van der Waals surface area contributed by atoms with Gasteiger partial charge >= 0.3 is 5.97 Å². The smallest absolute Gasteiger partial charge is 0.328 e. The molecule has 0 fully saturated rings. The van der Waals surface area contributed by atoms with Crippen LogP contribution in [0.25, 0.3) is 0 Å². The molecule has 0 aromatic heterocycles. The number of amides is 1. The predicted octanol–water partition coefficient (Wildman–Crippen LogP) is -0.369. The van der Waals surface area contributed by atoms with Crippen molar-refractivity contribution in [2.75, 3.05) is 47.1 Å². The first-order valence-corrected chi connectivity index (χ1v) is 7.19. The van der Waals surface area contributed by atoms with Gasteiger partial charge in [-0.2, -0.15) is 0 Å². The van der Waals surface area contributed by atoms with Gasteiger partial charge in [0.05, 0.1) is 26.9 Å². The molecule has 0 rings (SSSR count). The third kappa shape index (κ3) is 7.99. The van der Waals surface area contributed by atoms with Crippen LogP contribution in [0, 0.1) is 5.92 Å². The van der Waals surface area contributed by atoms with E-state index in [4.69, 9.17) is 14.6 Å². The van der Waals surface area contributed by atoms with E-state index in [9.17, 15) is 9.59 Å². The maximum atomic E-state index is 12.1. The zero-order valence-corrected chi connectivity index (χ0v) is 13.4. The molecular formula is C14H28N2O5. The van der Waals surface area contributed by atoms with Crippen LogP contribution in [-0.2, 0) is 19.1 Å². The van der Waals surface area contributed by atoms with Crippen LogP contribution in [0.3, 0.4) is 0 Å². The summed E-state index contributed by atoms with van der Waals surface area (Å²) >= 11 is 0. The molecule has 0 heterocycles. The lowest BCUT2D eigenvalue weighted by atomic mass is 9.99. The molecule has 0 aliphatic carbocycles. The largest absolute Gasteiger partial charge is 0.467 e. The molecule has 1 amide bonds. The van der Waals surface area contributed by atoms with Gasteiger partial charge in [0, 0.05) is 20.2 Å². The van der Waals surface area contributed by atoms with Gasteiger partial charge in [-0.3, -0.25) is 9.69 Å². The number of aliphatic hydroxyl groups excluding tert-OH is 1. The molecule has 0 spiro atoms. The van der Waals surface area contributed by atoms with Gasteiger partial charge in [0.15, 0.2) is 0 Å². The van der Waals surface area contributed by atoms with Crippen molar-refractivity contribution in [1.82, 2.24) is 10.2 Å². The lowest BCUT2D eigenvalue weighted by Gasteiger charge is -2.25. The third-order valence-corrected chi connectivity index (χ3v) is 3.38. The van der Waals surface area contributed by atoms with Crippen molar-refractivity contribution >= 4 is 11.9 Å². The summed E-state index contributed by atoms with van der Waals surface area (Å²) in [6.45, 7) is 5.29. The molecule has 2 unspecified atom stereocenters. The van der Waals surface area contributed by atoms with Gasteiger partial charge in [-0.25, -0.2) is 4.79 Å². The molecule has 0 aromatic rings. The first-order chi connectivity index (χ1) is 9.99. The highest BCUT2D eigenvalue weighted by molar-refractivity contribution is 5.85. The second kappa shape index (κ2) is 11.5. The molecule has 124 valence electrons. The number of nitrogens with zero attached hydrogens (tertiary/aromatic N) is 1. The maximum Gasteiger partial charge on any atom is 0.328 e. The second-order valence-corrected chi connectivity index (χ2v) is 4.95. The summed E-state index contributed by atoms with van der Waals surface area (Å²) in [6, 6.07) is -0.647. The van der Waals surface area contributed by atoms with Crippen LogP contribution in [0.1, 0.15) is 20.3 Å². The van der Waals surface area contributed by atoms with Crippen molar-refractivity contribution in [2.24, 2.45) is 5.92 Å². The second-order valence-electron chi connectivity index (χ2n) is 4.95. The van der Waals surface area contributed by atoms with E-state index in [-0.39, 0.29) is 25.0 Å². The van der Waals surface area contributed by atoms with Gasteiger partial charge < -0.3 is 19.9 Å². The fourth-order valence-electron chi connectivity index (χ4n) is 1.85. The normalized spacial score (nSPS) is 13.8. The van der Waals surface area contributed by atoms with Gasteiger partial charge in [0.25, 0.3) is 0 Å². The molecule has 2 atom stereocenters. The molecule has 0 saturated heterocycles. The fraction of sp³-hybridized carbons (Fsp3) is 0.857. The van der Waals surface area contributed by atoms with E-state index in [0.29, 0.717) is 19.7 Å². The molecule has 0 aromatic carbocycles. The number of ether oxygens (including phenoxy) is 2. The molecule has 0 saturated carbocycles. The third-order valence-electron chi connectivity index (χ3n) is 3.38. The van der Waals surface area contributed by atoms with E-state index >= 15 is 0 Å². The van der Waals surface area contributed by atoms with Crippen LogP contribution in [0.5, 0.6) is 0 Å². The summed E-state index contributed by atoms with van der Waals surface area (Å²) in [6.07, 6.45) is 0.754. The number of methoxy groups -OCH3 is 2. The number of carbonyl (C=O) groups excluding carboxylic acids is 2. The van der Waals surface area contributed by atoms with E-state index in [1.54, 1.807) is 12.0 Å². The summed E-state index contributed by atoms with van der Waals surface area (Å²) in [5.41, 5.74) is 0.